The summed E-state index contributed by atoms with van der Waals surface area (Å²) in [6.45, 7) is 2.60. The SMILES string of the molecule is CN1CC(=O)N(CC(=O)N2CCCC(C)(O)CC2)C1=O. The quantitative estimate of drug-likeness (QED) is 0.702. The van der Waals surface area contributed by atoms with E-state index in [2.05, 4.69) is 0 Å². The molecule has 112 valence electrons. The minimum atomic E-state index is -0.742. The molecule has 2 rings (SSSR count). The maximum absolute atomic E-state index is 12.2. The Balaban J connectivity index is 1.95. The van der Waals surface area contributed by atoms with Gasteiger partial charge in [0.15, 0.2) is 0 Å². The first-order chi connectivity index (χ1) is 9.30. The lowest BCUT2D eigenvalue weighted by atomic mass is 9.98. The number of likely N-dealkylation sites (N-methyl/N-ethyl adjacent to an activating group) is 1. The molecule has 0 radical (unpaired) electrons. The molecule has 2 aliphatic rings. The van der Waals surface area contributed by atoms with Gasteiger partial charge in [0.05, 0.1) is 5.60 Å². The highest BCUT2D eigenvalue weighted by molar-refractivity contribution is 6.04. The van der Waals surface area contributed by atoms with Crippen LogP contribution < -0.4 is 0 Å². The topological polar surface area (TPSA) is 81.2 Å². The molecule has 1 unspecified atom stereocenters. The van der Waals surface area contributed by atoms with Gasteiger partial charge in [0.2, 0.25) is 5.91 Å². The Bertz CT molecular complexity index is 435. The van der Waals surface area contributed by atoms with Crippen LogP contribution in [0.5, 0.6) is 0 Å². The van der Waals surface area contributed by atoms with E-state index in [0.717, 1.165) is 11.3 Å². The van der Waals surface area contributed by atoms with Crippen LogP contribution in [0.2, 0.25) is 0 Å². The Hall–Kier alpha value is -1.63. The number of carbonyl (C=O) groups excluding carboxylic acids is 3. The van der Waals surface area contributed by atoms with Gasteiger partial charge in [-0.25, -0.2) is 4.79 Å². The lowest BCUT2D eigenvalue weighted by Crippen LogP contribution is -2.43. The molecule has 0 aromatic heterocycles. The van der Waals surface area contributed by atoms with Crippen LogP contribution >= 0.6 is 0 Å². The Morgan fingerprint density at radius 2 is 2.00 bits per heavy atom. The zero-order valence-corrected chi connectivity index (χ0v) is 12.0. The Kier molecular flexibility index (Phi) is 3.99. The maximum atomic E-state index is 12.2. The predicted octanol–water partition coefficient (Wildman–Crippen LogP) is -0.356. The first-order valence-electron chi connectivity index (χ1n) is 6.86. The minimum Gasteiger partial charge on any atom is -0.390 e. The molecule has 2 aliphatic heterocycles. The summed E-state index contributed by atoms with van der Waals surface area (Å²) < 4.78 is 0. The molecule has 2 fully saturated rings. The summed E-state index contributed by atoms with van der Waals surface area (Å²) in [5.41, 5.74) is -0.742. The molecule has 0 aromatic carbocycles. The van der Waals surface area contributed by atoms with Gasteiger partial charge in [-0.1, -0.05) is 0 Å². The molecule has 4 amide bonds. The van der Waals surface area contributed by atoms with E-state index < -0.39 is 11.6 Å². The lowest BCUT2D eigenvalue weighted by Gasteiger charge is -2.24. The number of rotatable bonds is 2. The zero-order chi connectivity index (χ0) is 14.9. The van der Waals surface area contributed by atoms with Crippen LogP contribution in [-0.2, 0) is 9.59 Å². The largest absolute Gasteiger partial charge is 0.390 e. The van der Waals surface area contributed by atoms with Crippen LogP contribution in [0.25, 0.3) is 0 Å². The van der Waals surface area contributed by atoms with Gasteiger partial charge in [-0.3, -0.25) is 14.5 Å². The second-order valence-corrected chi connectivity index (χ2v) is 5.85. The Morgan fingerprint density at radius 3 is 2.60 bits per heavy atom. The summed E-state index contributed by atoms with van der Waals surface area (Å²) in [5.74, 6) is -0.577. The standard InChI is InChI=1S/C13H21N3O4/c1-13(20)4-3-6-15(7-5-13)10(17)9-16-11(18)8-14(2)12(16)19/h20H,3-9H2,1-2H3. The maximum Gasteiger partial charge on any atom is 0.327 e. The van der Waals surface area contributed by atoms with Crippen LogP contribution in [0.1, 0.15) is 26.2 Å². The van der Waals surface area contributed by atoms with Crippen molar-refractivity contribution in [1.82, 2.24) is 14.7 Å². The third-order valence-electron chi connectivity index (χ3n) is 3.94. The first-order valence-corrected chi connectivity index (χ1v) is 6.86. The molecular weight excluding hydrogens is 262 g/mol. The summed E-state index contributed by atoms with van der Waals surface area (Å²) in [6.07, 6.45) is 1.89. The predicted molar refractivity (Wildman–Crippen MR) is 70.8 cm³/mol. The summed E-state index contributed by atoms with van der Waals surface area (Å²) in [4.78, 5) is 39.5. The van der Waals surface area contributed by atoms with E-state index in [0.29, 0.717) is 25.9 Å². The van der Waals surface area contributed by atoms with E-state index in [1.54, 1.807) is 11.8 Å². The fourth-order valence-corrected chi connectivity index (χ4v) is 2.57. The van der Waals surface area contributed by atoms with Gasteiger partial charge in [-0.05, 0) is 26.2 Å². The third kappa shape index (κ3) is 3.09. The van der Waals surface area contributed by atoms with Gasteiger partial charge in [-0.2, -0.15) is 0 Å². The van der Waals surface area contributed by atoms with E-state index >= 15 is 0 Å². The van der Waals surface area contributed by atoms with Crippen molar-refractivity contribution in [2.75, 3.05) is 33.2 Å². The number of hydrogen-bond acceptors (Lipinski definition) is 4. The molecular formula is C13H21N3O4. The van der Waals surface area contributed by atoms with Crippen molar-refractivity contribution in [3.8, 4) is 0 Å². The van der Waals surface area contributed by atoms with Crippen molar-refractivity contribution in [2.45, 2.75) is 31.8 Å². The third-order valence-corrected chi connectivity index (χ3v) is 3.94. The first kappa shape index (κ1) is 14.8. The van der Waals surface area contributed by atoms with Crippen molar-refractivity contribution in [1.29, 1.82) is 0 Å². The van der Waals surface area contributed by atoms with Gasteiger partial charge < -0.3 is 14.9 Å². The summed E-state index contributed by atoms with van der Waals surface area (Å²) >= 11 is 0. The van der Waals surface area contributed by atoms with E-state index in [9.17, 15) is 19.5 Å². The number of nitrogens with zero attached hydrogens (tertiary/aromatic N) is 3. The number of likely N-dealkylation sites (tertiary alicyclic amines) is 1. The van der Waals surface area contributed by atoms with E-state index in [-0.39, 0.29) is 24.9 Å². The number of amides is 4. The molecule has 0 bridgehead atoms. The lowest BCUT2D eigenvalue weighted by molar-refractivity contribution is -0.136. The van der Waals surface area contributed by atoms with Gasteiger partial charge >= 0.3 is 6.03 Å². The number of urea groups is 1. The fourth-order valence-electron chi connectivity index (χ4n) is 2.57. The minimum absolute atomic E-state index is 0.0286. The van der Waals surface area contributed by atoms with Crippen LogP contribution in [0.3, 0.4) is 0 Å². The highest BCUT2D eigenvalue weighted by atomic mass is 16.3. The van der Waals surface area contributed by atoms with E-state index in [1.807, 2.05) is 0 Å². The Morgan fingerprint density at radius 1 is 1.30 bits per heavy atom. The molecule has 0 spiro atoms. The average molecular weight is 283 g/mol. The van der Waals surface area contributed by atoms with Crippen molar-refractivity contribution < 1.29 is 19.5 Å². The van der Waals surface area contributed by atoms with Gasteiger partial charge in [-0.15, -0.1) is 0 Å². The normalized spacial score (nSPS) is 28.1. The molecule has 0 aromatic rings. The van der Waals surface area contributed by atoms with Gasteiger partial charge in [0.25, 0.3) is 5.91 Å². The molecule has 2 saturated heterocycles. The summed E-state index contributed by atoms with van der Waals surface area (Å²) in [7, 11) is 1.54. The second kappa shape index (κ2) is 5.40. The van der Waals surface area contributed by atoms with Gasteiger partial charge in [0, 0.05) is 20.1 Å². The van der Waals surface area contributed by atoms with E-state index in [1.165, 1.54) is 11.9 Å². The number of imide groups is 1. The highest BCUT2D eigenvalue weighted by Gasteiger charge is 2.36. The van der Waals surface area contributed by atoms with Crippen molar-refractivity contribution in [3.05, 3.63) is 0 Å². The summed E-state index contributed by atoms with van der Waals surface area (Å²) in [5, 5.41) is 9.99. The Labute approximate surface area is 118 Å². The van der Waals surface area contributed by atoms with Crippen LogP contribution in [0, 0.1) is 0 Å². The van der Waals surface area contributed by atoms with Crippen LogP contribution in [0.15, 0.2) is 0 Å². The number of aliphatic hydroxyl groups is 1. The molecule has 0 aliphatic carbocycles. The van der Waals surface area contributed by atoms with Crippen molar-refractivity contribution in [2.24, 2.45) is 0 Å². The van der Waals surface area contributed by atoms with Gasteiger partial charge in [0.1, 0.15) is 13.1 Å². The zero-order valence-electron chi connectivity index (χ0n) is 12.0. The molecule has 0 saturated carbocycles. The summed E-state index contributed by atoms with van der Waals surface area (Å²) in [6, 6.07) is -0.426. The molecule has 7 nitrogen and oxygen atoms in total. The smallest absolute Gasteiger partial charge is 0.327 e. The van der Waals surface area contributed by atoms with E-state index in [4.69, 9.17) is 0 Å². The number of hydrogen-bond donors (Lipinski definition) is 1. The second-order valence-electron chi connectivity index (χ2n) is 5.85. The molecule has 20 heavy (non-hydrogen) atoms. The molecule has 1 N–H and O–H groups in total. The van der Waals surface area contributed by atoms with Crippen LogP contribution in [-0.4, -0.2) is 76.5 Å². The van der Waals surface area contributed by atoms with Crippen molar-refractivity contribution >= 4 is 17.8 Å². The van der Waals surface area contributed by atoms with Crippen LogP contribution in [0.4, 0.5) is 4.79 Å². The fraction of sp³-hybridized carbons (Fsp3) is 0.769. The average Bonchev–Trinajstić information content (AvgIpc) is 2.54. The number of carbonyl (C=O) groups is 3. The van der Waals surface area contributed by atoms with Crippen molar-refractivity contribution in [3.63, 3.8) is 0 Å². The monoisotopic (exact) mass is 283 g/mol. The molecule has 2 heterocycles. The highest BCUT2D eigenvalue weighted by Crippen LogP contribution is 2.21. The molecule has 7 heteroatoms. The molecule has 1 atom stereocenters.